The van der Waals surface area contributed by atoms with Gasteiger partial charge in [0.15, 0.2) is 0 Å². The highest BCUT2D eigenvalue weighted by atomic mass is 32.2. The van der Waals surface area contributed by atoms with Gasteiger partial charge in [-0.05, 0) is 31.4 Å². The van der Waals surface area contributed by atoms with Crippen LogP contribution in [0.15, 0.2) is 21.9 Å². The molecule has 0 amide bonds. The Kier molecular flexibility index (Phi) is 7.76. The molecule has 0 fully saturated rings. The molecule has 120 valence electrons. The fourth-order valence-electron chi connectivity index (χ4n) is 1.63. The van der Waals surface area contributed by atoms with E-state index in [1.54, 1.807) is 13.1 Å². The van der Waals surface area contributed by atoms with Gasteiger partial charge in [-0.25, -0.2) is 0 Å². The Morgan fingerprint density at radius 1 is 1.14 bits per heavy atom. The van der Waals surface area contributed by atoms with E-state index in [1.807, 2.05) is 0 Å². The van der Waals surface area contributed by atoms with Crippen LogP contribution in [0.5, 0.6) is 0 Å². The van der Waals surface area contributed by atoms with E-state index in [-0.39, 0.29) is 10.6 Å². The van der Waals surface area contributed by atoms with Gasteiger partial charge in [0, 0.05) is 27.8 Å². The maximum Gasteiger partial charge on any atom is 0.417 e. The fourth-order valence-corrected chi connectivity index (χ4v) is 3.85. The van der Waals surface area contributed by atoms with Crippen molar-refractivity contribution in [1.29, 1.82) is 0 Å². The van der Waals surface area contributed by atoms with Gasteiger partial charge >= 0.3 is 6.18 Å². The van der Waals surface area contributed by atoms with Crippen molar-refractivity contribution in [3.63, 3.8) is 0 Å². The summed E-state index contributed by atoms with van der Waals surface area (Å²) in [7, 11) is 1.78. The summed E-state index contributed by atoms with van der Waals surface area (Å²) >= 11 is 2.73. The molecule has 0 saturated carbocycles. The molecule has 0 unspecified atom stereocenters. The predicted molar refractivity (Wildman–Crippen MR) is 86.1 cm³/mol. The molecule has 1 aromatic carbocycles. The Morgan fingerprint density at radius 2 is 1.81 bits per heavy atom. The Hall–Kier alpha value is -0.530. The zero-order chi connectivity index (χ0) is 15.9. The number of nitrogens with one attached hydrogen (secondary N) is 1. The van der Waals surface area contributed by atoms with Gasteiger partial charge < -0.3 is 11.1 Å². The molecular weight excluding hydrogens is 317 g/mol. The van der Waals surface area contributed by atoms with E-state index in [4.69, 9.17) is 5.73 Å². The maximum atomic E-state index is 13.1. The topological polar surface area (TPSA) is 38.0 Å². The summed E-state index contributed by atoms with van der Waals surface area (Å²) < 4.78 is 39.3. The van der Waals surface area contributed by atoms with Gasteiger partial charge in [0.05, 0.1) is 5.56 Å². The number of alkyl halides is 3. The second-order valence-corrected chi connectivity index (χ2v) is 6.81. The van der Waals surface area contributed by atoms with Gasteiger partial charge in [0.25, 0.3) is 0 Å². The van der Waals surface area contributed by atoms with Crippen LogP contribution in [0.4, 0.5) is 18.9 Å². The van der Waals surface area contributed by atoms with Crippen LogP contribution in [0.25, 0.3) is 0 Å². The number of nitrogens with two attached hydrogens (primary N) is 1. The van der Waals surface area contributed by atoms with Crippen molar-refractivity contribution < 1.29 is 13.2 Å². The molecule has 0 aliphatic rings. The van der Waals surface area contributed by atoms with Crippen LogP contribution in [0, 0.1) is 0 Å². The molecule has 0 aliphatic heterocycles. The van der Waals surface area contributed by atoms with Gasteiger partial charge in [-0.15, -0.1) is 23.5 Å². The van der Waals surface area contributed by atoms with Crippen LogP contribution in [0.3, 0.4) is 0 Å². The molecule has 1 aromatic rings. The minimum absolute atomic E-state index is 0.210. The zero-order valence-corrected chi connectivity index (χ0v) is 13.9. The summed E-state index contributed by atoms with van der Waals surface area (Å²) in [5.41, 5.74) is 5.35. The monoisotopic (exact) mass is 338 g/mol. The molecule has 0 aliphatic carbocycles. The van der Waals surface area contributed by atoms with Gasteiger partial charge in [-0.3, -0.25) is 0 Å². The average Bonchev–Trinajstić information content (AvgIpc) is 2.41. The molecule has 0 aromatic heterocycles. The Morgan fingerprint density at radius 3 is 2.38 bits per heavy atom. The Balaban J connectivity index is 3.00. The van der Waals surface area contributed by atoms with E-state index in [0.29, 0.717) is 12.3 Å². The van der Waals surface area contributed by atoms with E-state index >= 15 is 0 Å². The standard InChI is InChI=1S/C14H21F3N2S2/c1-3-4-6-20-13-9-12(21-7-5-19-2)10(8-11(13)18)14(15,16)17/h8-9,19H,3-7,18H2,1-2H3. The number of rotatable bonds is 8. The van der Waals surface area contributed by atoms with Crippen LogP contribution in [0.1, 0.15) is 25.3 Å². The highest BCUT2D eigenvalue weighted by Crippen LogP contribution is 2.41. The highest BCUT2D eigenvalue weighted by molar-refractivity contribution is 8.00. The average molecular weight is 338 g/mol. The van der Waals surface area contributed by atoms with E-state index in [0.717, 1.165) is 29.6 Å². The minimum atomic E-state index is -4.37. The van der Waals surface area contributed by atoms with Crippen LogP contribution in [0.2, 0.25) is 0 Å². The van der Waals surface area contributed by atoms with E-state index in [1.165, 1.54) is 23.5 Å². The smallest absolute Gasteiger partial charge is 0.398 e. The van der Waals surface area contributed by atoms with Crippen molar-refractivity contribution in [1.82, 2.24) is 5.32 Å². The molecule has 0 atom stereocenters. The molecule has 0 saturated heterocycles. The molecule has 1 rings (SSSR count). The fraction of sp³-hybridized carbons (Fsp3) is 0.571. The molecule has 2 nitrogen and oxygen atoms in total. The van der Waals surface area contributed by atoms with Crippen LogP contribution < -0.4 is 11.1 Å². The first-order chi connectivity index (χ1) is 9.90. The molecule has 3 N–H and O–H groups in total. The summed E-state index contributed by atoms with van der Waals surface area (Å²) in [5.74, 6) is 1.45. The van der Waals surface area contributed by atoms with Crippen molar-refractivity contribution in [3.8, 4) is 0 Å². The van der Waals surface area contributed by atoms with Crippen LogP contribution in [-0.4, -0.2) is 25.1 Å². The summed E-state index contributed by atoms with van der Waals surface area (Å²) in [6.45, 7) is 2.74. The van der Waals surface area contributed by atoms with Crippen molar-refractivity contribution in [2.45, 2.75) is 35.7 Å². The van der Waals surface area contributed by atoms with E-state index < -0.39 is 11.7 Å². The van der Waals surface area contributed by atoms with Crippen LogP contribution in [-0.2, 0) is 6.18 Å². The van der Waals surface area contributed by atoms with Crippen molar-refractivity contribution >= 4 is 29.2 Å². The van der Waals surface area contributed by atoms with Crippen LogP contribution >= 0.6 is 23.5 Å². The third-order valence-corrected chi connectivity index (χ3v) is 5.00. The lowest BCUT2D eigenvalue weighted by atomic mass is 10.2. The predicted octanol–water partition coefficient (Wildman–Crippen LogP) is 4.49. The second-order valence-electron chi connectivity index (χ2n) is 4.54. The second kappa shape index (κ2) is 8.80. The lowest BCUT2D eigenvalue weighted by Gasteiger charge is -2.16. The molecule has 0 heterocycles. The van der Waals surface area contributed by atoms with E-state index in [9.17, 15) is 13.2 Å². The number of unbranched alkanes of at least 4 members (excludes halogenated alkanes) is 1. The Labute approximate surface area is 132 Å². The summed E-state index contributed by atoms with van der Waals surface area (Å²) in [4.78, 5) is 0.995. The quantitative estimate of drug-likeness (QED) is 0.416. The third kappa shape index (κ3) is 6.00. The van der Waals surface area contributed by atoms with E-state index in [2.05, 4.69) is 12.2 Å². The number of hydrogen-bond donors (Lipinski definition) is 2. The van der Waals surface area contributed by atoms with Gasteiger partial charge in [0.1, 0.15) is 0 Å². The zero-order valence-electron chi connectivity index (χ0n) is 12.2. The summed E-state index contributed by atoms with van der Waals surface area (Å²) in [5, 5.41) is 2.93. The molecule has 0 spiro atoms. The lowest BCUT2D eigenvalue weighted by Crippen LogP contribution is -2.12. The lowest BCUT2D eigenvalue weighted by molar-refractivity contribution is -0.139. The van der Waals surface area contributed by atoms with Gasteiger partial charge in [-0.1, -0.05) is 13.3 Å². The number of halogens is 3. The highest BCUT2D eigenvalue weighted by Gasteiger charge is 2.34. The SMILES string of the molecule is CCCCSc1cc(SCCNC)c(C(F)(F)F)cc1N. The number of thioether (sulfide) groups is 2. The number of anilines is 1. The first-order valence-corrected chi connectivity index (χ1v) is 8.78. The van der Waals surface area contributed by atoms with Gasteiger partial charge in [0.2, 0.25) is 0 Å². The number of nitrogen functional groups attached to an aromatic ring is 1. The first kappa shape index (κ1) is 18.5. The maximum absolute atomic E-state index is 13.1. The van der Waals surface area contributed by atoms with Crippen molar-refractivity contribution in [2.24, 2.45) is 0 Å². The van der Waals surface area contributed by atoms with Crippen molar-refractivity contribution in [2.75, 3.05) is 30.8 Å². The normalized spacial score (nSPS) is 11.9. The Bertz CT molecular complexity index is 451. The van der Waals surface area contributed by atoms with Gasteiger partial charge in [-0.2, -0.15) is 13.2 Å². The molecular formula is C14H21F3N2S2. The summed E-state index contributed by atoms with van der Waals surface area (Å²) in [6, 6.07) is 2.65. The van der Waals surface area contributed by atoms with Crippen molar-refractivity contribution in [3.05, 3.63) is 17.7 Å². The third-order valence-electron chi connectivity index (χ3n) is 2.78. The molecule has 0 radical (unpaired) electrons. The first-order valence-electron chi connectivity index (χ1n) is 6.81. The molecule has 0 bridgehead atoms. The molecule has 7 heteroatoms. The summed E-state index contributed by atoms with van der Waals surface area (Å²) in [6.07, 6.45) is -2.30. The molecule has 21 heavy (non-hydrogen) atoms. The largest absolute Gasteiger partial charge is 0.417 e. The number of benzene rings is 1. The number of hydrogen-bond acceptors (Lipinski definition) is 4. The minimum Gasteiger partial charge on any atom is -0.398 e.